The molecule has 0 atom stereocenters. The summed E-state index contributed by atoms with van der Waals surface area (Å²) in [4.78, 5) is 13.5. The zero-order valence-corrected chi connectivity index (χ0v) is 7.68. The molecule has 44 valence electrons. The molecule has 0 aliphatic heterocycles. The van der Waals surface area contributed by atoms with Crippen molar-refractivity contribution in [2.24, 2.45) is 0 Å². The Morgan fingerprint density at radius 1 is 1.89 bits per heavy atom. The number of aromatic carboxylic acids is 1. The molecule has 0 radical (unpaired) electrons. The van der Waals surface area contributed by atoms with E-state index in [1.54, 1.807) is 0 Å². The van der Waals surface area contributed by atoms with Crippen LogP contribution >= 0.6 is 11.3 Å². The van der Waals surface area contributed by atoms with Gasteiger partial charge in [0.2, 0.25) is 0 Å². The van der Waals surface area contributed by atoms with E-state index in [9.17, 15) is 4.79 Å². The maximum atomic E-state index is 10.0. The fraction of sp³-hybridized carbons (Fsp3) is 0. The molecule has 1 aromatic rings. The van der Waals surface area contributed by atoms with Gasteiger partial charge in [0.25, 0.3) is 0 Å². The molecule has 1 N–H and O–H groups in total. The molecule has 0 unspecified atom stereocenters. The van der Waals surface area contributed by atoms with Crippen LogP contribution < -0.4 is 29.6 Å². The maximum absolute atomic E-state index is 10.0. The molecule has 5 heteroatoms. The van der Waals surface area contributed by atoms with E-state index in [0.717, 1.165) is 0 Å². The first kappa shape index (κ1) is 9.10. The summed E-state index contributed by atoms with van der Waals surface area (Å²) in [6, 6.07) is 0. The van der Waals surface area contributed by atoms with Crippen LogP contribution in [0.2, 0.25) is 0 Å². The van der Waals surface area contributed by atoms with Crippen molar-refractivity contribution in [1.82, 2.24) is 4.98 Å². The summed E-state index contributed by atoms with van der Waals surface area (Å²) < 4.78 is 0. The monoisotopic (exact) mass is 153 g/mol. The molecule has 1 rings (SSSR count). The molecule has 0 aliphatic carbocycles. The molecule has 0 saturated carbocycles. The first-order chi connectivity index (χ1) is 3.80. The molecule has 0 aliphatic rings. The molecule has 9 heavy (non-hydrogen) atoms. The second kappa shape index (κ2) is 4.00. The average molecular weight is 153 g/mol. The first-order valence-corrected chi connectivity index (χ1v) is 2.86. The Morgan fingerprint density at radius 2 is 2.56 bits per heavy atom. The van der Waals surface area contributed by atoms with Gasteiger partial charge in [0, 0.05) is 5.38 Å². The van der Waals surface area contributed by atoms with Crippen LogP contribution in [0.25, 0.3) is 0 Å². The Labute approximate surface area is 79.5 Å². The number of hydrogen-bond donors (Lipinski definition) is 1. The molecule has 0 saturated heterocycles. The van der Waals surface area contributed by atoms with Crippen LogP contribution in [0.5, 0.6) is 0 Å². The van der Waals surface area contributed by atoms with Gasteiger partial charge in [-0.25, -0.2) is 9.78 Å². The Kier molecular flexibility index (Phi) is 4.05. The Hall–Kier alpha value is 0.1000. The Bertz CT molecular complexity index is 191. The predicted molar refractivity (Wildman–Crippen MR) is 30.2 cm³/mol. The number of carboxylic acids is 1. The van der Waals surface area contributed by atoms with Gasteiger partial charge in [-0.2, -0.15) is 0 Å². The quantitative estimate of drug-likeness (QED) is 0.473. The van der Waals surface area contributed by atoms with Gasteiger partial charge in [0.15, 0.2) is 5.69 Å². The van der Waals surface area contributed by atoms with Crippen molar-refractivity contribution in [1.29, 1.82) is 0 Å². The van der Waals surface area contributed by atoms with Gasteiger partial charge in [-0.1, -0.05) is 0 Å². The molecule has 0 bridgehead atoms. The molecule has 1 aromatic heterocycles. The van der Waals surface area contributed by atoms with Crippen LogP contribution in [-0.2, 0) is 0 Å². The SMILES string of the molecule is O=C(O)c1cscn1.[H-].[Na+]. The molecular weight excluding hydrogens is 149 g/mol. The maximum Gasteiger partial charge on any atom is 1.00 e. The summed E-state index contributed by atoms with van der Waals surface area (Å²) in [5.74, 6) is -0.966. The summed E-state index contributed by atoms with van der Waals surface area (Å²) in [5, 5.41) is 9.71. The Balaban J connectivity index is 0. The van der Waals surface area contributed by atoms with Crippen molar-refractivity contribution < 1.29 is 40.9 Å². The van der Waals surface area contributed by atoms with Crippen molar-refractivity contribution >= 4 is 17.3 Å². The van der Waals surface area contributed by atoms with Crippen LogP contribution in [-0.4, -0.2) is 16.1 Å². The van der Waals surface area contributed by atoms with Gasteiger partial charge in [-0.15, -0.1) is 11.3 Å². The molecule has 1 heterocycles. The number of thiazole rings is 1. The van der Waals surface area contributed by atoms with Gasteiger partial charge in [-0.05, 0) is 0 Å². The first-order valence-electron chi connectivity index (χ1n) is 1.92. The van der Waals surface area contributed by atoms with Gasteiger partial charge in [0.1, 0.15) is 0 Å². The number of aromatic nitrogens is 1. The molecule has 0 aromatic carbocycles. The van der Waals surface area contributed by atoms with E-state index in [2.05, 4.69) is 4.98 Å². The summed E-state index contributed by atoms with van der Waals surface area (Å²) in [6.45, 7) is 0. The molecule has 0 fully saturated rings. The third kappa shape index (κ3) is 2.45. The van der Waals surface area contributed by atoms with Crippen molar-refractivity contribution in [3.05, 3.63) is 16.6 Å². The Morgan fingerprint density at radius 3 is 2.78 bits per heavy atom. The molecule has 0 amide bonds. The van der Waals surface area contributed by atoms with Crippen molar-refractivity contribution in [2.75, 3.05) is 0 Å². The van der Waals surface area contributed by atoms with E-state index in [4.69, 9.17) is 5.11 Å². The summed E-state index contributed by atoms with van der Waals surface area (Å²) >= 11 is 1.28. The van der Waals surface area contributed by atoms with Gasteiger partial charge < -0.3 is 6.53 Å². The third-order valence-corrected chi connectivity index (χ3v) is 1.24. The second-order valence-electron chi connectivity index (χ2n) is 1.18. The topological polar surface area (TPSA) is 50.2 Å². The van der Waals surface area contributed by atoms with E-state index >= 15 is 0 Å². The third-order valence-electron chi connectivity index (χ3n) is 0.651. The minimum Gasteiger partial charge on any atom is -1.00 e. The smallest absolute Gasteiger partial charge is 1.00 e. The normalized spacial score (nSPS) is 8.00. The van der Waals surface area contributed by atoms with E-state index in [-0.39, 0.29) is 36.7 Å². The van der Waals surface area contributed by atoms with Crippen molar-refractivity contribution in [3.63, 3.8) is 0 Å². The number of rotatable bonds is 1. The summed E-state index contributed by atoms with van der Waals surface area (Å²) in [7, 11) is 0. The van der Waals surface area contributed by atoms with Crippen molar-refractivity contribution in [3.8, 4) is 0 Å². The fourth-order valence-electron chi connectivity index (χ4n) is 0.318. The average Bonchev–Trinajstić information content (AvgIpc) is 2.12. The zero-order chi connectivity index (χ0) is 5.98. The number of hydrogen-bond acceptors (Lipinski definition) is 3. The van der Waals surface area contributed by atoms with Crippen LogP contribution in [0.3, 0.4) is 0 Å². The van der Waals surface area contributed by atoms with Gasteiger partial charge in [0.05, 0.1) is 5.51 Å². The number of carboxylic acid groups (broad SMARTS) is 1. The minimum absolute atomic E-state index is 0. The van der Waals surface area contributed by atoms with Crippen LogP contribution in [0.1, 0.15) is 11.9 Å². The van der Waals surface area contributed by atoms with E-state index in [0.29, 0.717) is 0 Å². The van der Waals surface area contributed by atoms with Crippen molar-refractivity contribution in [2.45, 2.75) is 0 Å². The fourth-order valence-corrected chi connectivity index (χ4v) is 0.844. The van der Waals surface area contributed by atoms with Gasteiger partial charge >= 0.3 is 35.5 Å². The van der Waals surface area contributed by atoms with Crippen LogP contribution in [0.4, 0.5) is 0 Å². The largest absolute Gasteiger partial charge is 1.00 e. The van der Waals surface area contributed by atoms with Crippen LogP contribution in [0, 0.1) is 0 Å². The standard InChI is InChI=1S/C4H3NO2S.Na.H/c6-4(7)3-1-8-2-5-3;;/h1-2H,(H,6,7);;/q;+1;-1. The summed E-state index contributed by atoms with van der Waals surface area (Å²) in [6.07, 6.45) is 0. The molecule has 0 spiro atoms. The molecular formula is C4H4NNaO2S. The van der Waals surface area contributed by atoms with E-state index < -0.39 is 5.97 Å². The second-order valence-corrected chi connectivity index (χ2v) is 1.90. The van der Waals surface area contributed by atoms with E-state index in [1.165, 1.54) is 22.2 Å². The molecule has 3 nitrogen and oxygen atoms in total. The summed E-state index contributed by atoms with van der Waals surface area (Å²) in [5.41, 5.74) is 1.61. The zero-order valence-electron chi connectivity index (χ0n) is 5.87. The van der Waals surface area contributed by atoms with E-state index in [1.807, 2.05) is 0 Å². The number of nitrogens with zero attached hydrogens (tertiary/aromatic N) is 1. The van der Waals surface area contributed by atoms with Gasteiger partial charge in [-0.3, -0.25) is 0 Å². The van der Waals surface area contributed by atoms with Crippen LogP contribution in [0.15, 0.2) is 10.9 Å². The predicted octanol–water partition coefficient (Wildman–Crippen LogP) is -2.04. The minimum atomic E-state index is -0.966. The number of carbonyl (C=O) groups is 1.